The van der Waals surface area contributed by atoms with Gasteiger partial charge in [-0.3, -0.25) is 9.36 Å². The average Bonchev–Trinajstić information content (AvgIpc) is 3.02. The van der Waals surface area contributed by atoms with Crippen LogP contribution >= 0.6 is 11.3 Å². The van der Waals surface area contributed by atoms with E-state index >= 15 is 0 Å². The van der Waals surface area contributed by atoms with Crippen molar-refractivity contribution in [2.24, 2.45) is 0 Å². The first-order valence-corrected chi connectivity index (χ1v) is 8.86. The summed E-state index contributed by atoms with van der Waals surface area (Å²) in [4.78, 5) is 29.7. The summed E-state index contributed by atoms with van der Waals surface area (Å²) in [6, 6.07) is 6.03. The van der Waals surface area contributed by atoms with Crippen molar-refractivity contribution in [2.75, 3.05) is 6.61 Å². The van der Waals surface area contributed by atoms with Crippen molar-refractivity contribution in [3.63, 3.8) is 0 Å². The number of unbranched alkanes of at least 4 members (excludes halogenated alkanes) is 1. The molecule has 0 saturated carbocycles. The van der Waals surface area contributed by atoms with Crippen LogP contribution in [0.5, 0.6) is 0 Å². The Kier molecular flexibility index (Phi) is 5.23. The van der Waals surface area contributed by atoms with Crippen LogP contribution in [-0.4, -0.2) is 22.1 Å². The Balaban J connectivity index is 1.94. The number of ether oxygens (including phenoxy) is 1. The largest absolute Gasteiger partial charge is 0.462 e. The van der Waals surface area contributed by atoms with E-state index in [1.54, 1.807) is 17.5 Å². The number of esters is 1. The Hall–Kier alpha value is -2.54. The molecule has 0 bridgehead atoms. The molecule has 0 unspecified atom stereocenters. The quantitative estimate of drug-likeness (QED) is 0.498. The molecule has 3 aromatic rings. The van der Waals surface area contributed by atoms with Crippen LogP contribution in [0.25, 0.3) is 10.2 Å². The van der Waals surface area contributed by atoms with Gasteiger partial charge in [-0.15, -0.1) is 11.3 Å². The van der Waals surface area contributed by atoms with Gasteiger partial charge in [0.05, 0.1) is 30.4 Å². The van der Waals surface area contributed by atoms with Crippen molar-refractivity contribution in [1.82, 2.24) is 9.55 Å². The smallest absolute Gasteiger partial charge is 0.339 e. The molecule has 25 heavy (non-hydrogen) atoms. The molecule has 0 spiro atoms. The van der Waals surface area contributed by atoms with Crippen LogP contribution in [0.2, 0.25) is 0 Å². The number of carbonyl (C=O) groups excluding carboxylic acids is 1. The molecule has 0 saturated heterocycles. The first-order chi connectivity index (χ1) is 12.1. The molecule has 1 aromatic carbocycles. The molecule has 7 heteroatoms. The SMILES string of the molecule is CCCCOC(=O)c1csc2ncn(Cc3cccc(F)c3)c(=O)c12. The Labute approximate surface area is 147 Å². The fourth-order valence-electron chi connectivity index (χ4n) is 2.45. The van der Waals surface area contributed by atoms with E-state index in [9.17, 15) is 14.0 Å². The van der Waals surface area contributed by atoms with Gasteiger partial charge in [-0.25, -0.2) is 14.2 Å². The monoisotopic (exact) mass is 360 g/mol. The number of benzene rings is 1. The molecule has 0 atom stereocenters. The maximum Gasteiger partial charge on any atom is 0.339 e. The highest BCUT2D eigenvalue weighted by atomic mass is 32.1. The highest BCUT2D eigenvalue weighted by Gasteiger charge is 2.18. The molecule has 0 aliphatic rings. The Bertz CT molecular complexity index is 964. The van der Waals surface area contributed by atoms with Gasteiger partial charge in [0.1, 0.15) is 10.6 Å². The van der Waals surface area contributed by atoms with Crippen LogP contribution < -0.4 is 5.56 Å². The third-order valence-electron chi connectivity index (χ3n) is 3.75. The molecule has 0 amide bonds. The van der Waals surface area contributed by atoms with E-state index in [1.807, 2.05) is 6.92 Å². The molecule has 2 heterocycles. The van der Waals surface area contributed by atoms with Crippen molar-refractivity contribution < 1.29 is 13.9 Å². The normalized spacial score (nSPS) is 11.0. The summed E-state index contributed by atoms with van der Waals surface area (Å²) in [6.45, 7) is 2.51. The number of hydrogen-bond acceptors (Lipinski definition) is 5. The lowest BCUT2D eigenvalue weighted by molar-refractivity contribution is 0.0502. The van der Waals surface area contributed by atoms with Crippen molar-refractivity contribution in [3.8, 4) is 0 Å². The van der Waals surface area contributed by atoms with Crippen molar-refractivity contribution in [2.45, 2.75) is 26.3 Å². The number of fused-ring (bicyclic) bond motifs is 1. The molecule has 3 rings (SSSR count). The zero-order valence-electron chi connectivity index (χ0n) is 13.7. The number of hydrogen-bond donors (Lipinski definition) is 0. The number of halogens is 1. The Morgan fingerprint density at radius 1 is 1.40 bits per heavy atom. The fraction of sp³-hybridized carbons (Fsp3) is 0.278. The average molecular weight is 360 g/mol. The zero-order valence-corrected chi connectivity index (χ0v) is 14.5. The van der Waals surface area contributed by atoms with Gasteiger partial charge in [0.15, 0.2) is 0 Å². The lowest BCUT2D eigenvalue weighted by Gasteiger charge is -2.07. The Morgan fingerprint density at radius 3 is 3.00 bits per heavy atom. The molecule has 130 valence electrons. The molecular formula is C18H17FN2O3S. The minimum atomic E-state index is -0.512. The minimum absolute atomic E-state index is 0.180. The topological polar surface area (TPSA) is 61.2 Å². The van der Waals surface area contributed by atoms with Gasteiger partial charge in [-0.05, 0) is 24.1 Å². The molecule has 0 fully saturated rings. The highest BCUT2D eigenvalue weighted by Crippen LogP contribution is 2.22. The van der Waals surface area contributed by atoms with Crippen LogP contribution in [0.15, 0.2) is 40.8 Å². The van der Waals surface area contributed by atoms with Gasteiger partial charge in [-0.1, -0.05) is 25.5 Å². The van der Waals surface area contributed by atoms with E-state index in [0.717, 1.165) is 12.8 Å². The molecule has 2 aromatic heterocycles. The van der Waals surface area contributed by atoms with E-state index in [1.165, 1.54) is 34.4 Å². The summed E-state index contributed by atoms with van der Waals surface area (Å²) in [5.74, 6) is -0.877. The van der Waals surface area contributed by atoms with Gasteiger partial charge in [0, 0.05) is 5.38 Å². The van der Waals surface area contributed by atoms with Crippen LogP contribution in [0, 0.1) is 5.82 Å². The fourth-order valence-corrected chi connectivity index (χ4v) is 3.32. The molecule has 0 N–H and O–H groups in total. The summed E-state index contributed by atoms with van der Waals surface area (Å²) in [5, 5.41) is 1.85. The summed E-state index contributed by atoms with van der Waals surface area (Å²) in [5.41, 5.74) is 0.547. The van der Waals surface area contributed by atoms with Crippen LogP contribution in [0.4, 0.5) is 4.39 Å². The molecule has 5 nitrogen and oxygen atoms in total. The Morgan fingerprint density at radius 2 is 2.24 bits per heavy atom. The van der Waals surface area contributed by atoms with E-state index in [2.05, 4.69) is 4.98 Å². The number of aromatic nitrogens is 2. The minimum Gasteiger partial charge on any atom is -0.462 e. The highest BCUT2D eigenvalue weighted by molar-refractivity contribution is 7.17. The molecule has 0 aliphatic heterocycles. The summed E-state index contributed by atoms with van der Waals surface area (Å²) >= 11 is 1.23. The third-order valence-corrected chi connectivity index (χ3v) is 4.64. The first-order valence-electron chi connectivity index (χ1n) is 7.98. The maximum absolute atomic E-state index is 13.3. The molecule has 0 radical (unpaired) electrons. The van der Waals surface area contributed by atoms with E-state index in [-0.39, 0.29) is 28.9 Å². The summed E-state index contributed by atoms with van der Waals surface area (Å²) < 4.78 is 19.9. The van der Waals surface area contributed by atoms with Crippen molar-refractivity contribution in [3.05, 3.63) is 63.3 Å². The summed E-state index contributed by atoms with van der Waals surface area (Å²) in [7, 11) is 0. The van der Waals surface area contributed by atoms with Gasteiger partial charge >= 0.3 is 5.97 Å². The van der Waals surface area contributed by atoms with Gasteiger partial charge in [0.25, 0.3) is 5.56 Å². The van der Waals surface area contributed by atoms with Crippen LogP contribution in [0.3, 0.4) is 0 Å². The first kappa shape index (κ1) is 17.3. The second-order valence-electron chi connectivity index (χ2n) is 5.63. The predicted octanol–water partition coefficient (Wildman–Crippen LogP) is 3.60. The van der Waals surface area contributed by atoms with Gasteiger partial charge in [-0.2, -0.15) is 0 Å². The van der Waals surface area contributed by atoms with Crippen molar-refractivity contribution >= 4 is 27.5 Å². The van der Waals surface area contributed by atoms with E-state index in [4.69, 9.17) is 4.74 Å². The lowest BCUT2D eigenvalue weighted by Crippen LogP contribution is -2.22. The number of thiophene rings is 1. The van der Waals surface area contributed by atoms with Gasteiger partial charge in [0.2, 0.25) is 0 Å². The zero-order chi connectivity index (χ0) is 17.8. The summed E-state index contributed by atoms with van der Waals surface area (Å²) in [6.07, 6.45) is 3.10. The third kappa shape index (κ3) is 3.76. The second-order valence-corrected chi connectivity index (χ2v) is 6.48. The van der Waals surface area contributed by atoms with Crippen molar-refractivity contribution in [1.29, 1.82) is 0 Å². The van der Waals surface area contributed by atoms with Gasteiger partial charge < -0.3 is 4.74 Å². The maximum atomic E-state index is 13.3. The second kappa shape index (κ2) is 7.57. The number of carbonyl (C=O) groups is 1. The lowest BCUT2D eigenvalue weighted by atomic mass is 10.2. The molecular weight excluding hydrogens is 343 g/mol. The van der Waals surface area contributed by atoms with Crippen LogP contribution in [0.1, 0.15) is 35.7 Å². The molecule has 0 aliphatic carbocycles. The standard InChI is InChI=1S/C18H17FN2O3S/c1-2-3-7-24-18(23)14-10-25-16-15(14)17(22)21(11-20-16)9-12-5-4-6-13(19)8-12/h4-6,8,10-11H,2-3,7,9H2,1H3. The number of rotatable bonds is 6. The van der Waals surface area contributed by atoms with E-state index in [0.29, 0.717) is 17.0 Å². The van der Waals surface area contributed by atoms with Crippen LogP contribution in [-0.2, 0) is 11.3 Å². The van der Waals surface area contributed by atoms with E-state index < -0.39 is 5.97 Å². The number of nitrogens with zero attached hydrogens (tertiary/aromatic N) is 2. The predicted molar refractivity (Wildman–Crippen MR) is 94.6 cm³/mol.